The maximum absolute atomic E-state index is 11.0. The summed E-state index contributed by atoms with van der Waals surface area (Å²) in [6, 6.07) is 4.08. The minimum Gasteiger partial charge on any atom is -0.484 e. The van der Waals surface area contributed by atoms with Gasteiger partial charge in [0.1, 0.15) is 5.54 Å². The number of ether oxygens (including phenoxy) is 1. The molecule has 1 aromatic carbocycles. The lowest BCUT2D eigenvalue weighted by atomic mass is 10.0. The number of aliphatic hydroxyl groups is 3. The van der Waals surface area contributed by atoms with Crippen molar-refractivity contribution >= 4 is 11.4 Å². The van der Waals surface area contributed by atoms with E-state index in [2.05, 4.69) is 5.32 Å². The van der Waals surface area contributed by atoms with Gasteiger partial charge in [0.05, 0.1) is 30.8 Å². The molecule has 8 heteroatoms. The van der Waals surface area contributed by atoms with Crippen molar-refractivity contribution in [2.75, 3.05) is 25.1 Å². The largest absolute Gasteiger partial charge is 0.484 e. The van der Waals surface area contributed by atoms with E-state index in [1.54, 1.807) is 13.8 Å². The first-order valence-electron chi connectivity index (χ1n) is 6.43. The quantitative estimate of drug-likeness (QED) is 0.407. The van der Waals surface area contributed by atoms with E-state index in [4.69, 9.17) is 4.74 Å². The Balaban J connectivity index is 3.12. The minimum atomic E-state index is -1.31. The number of nitro benzene ring substituents is 1. The second-order valence-corrected chi connectivity index (χ2v) is 4.99. The summed E-state index contributed by atoms with van der Waals surface area (Å²) in [4.78, 5) is 10.4. The first-order valence-corrected chi connectivity index (χ1v) is 6.43. The molecule has 0 amide bonds. The monoisotopic (exact) mass is 300 g/mol. The minimum absolute atomic E-state index is 0.0720. The zero-order valence-electron chi connectivity index (χ0n) is 11.9. The van der Waals surface area contributed by atoms with Crippen LogP contribution in [-0.2, 0) is 0 Å². The second kappa shape index (κ2) is 7.21. The standard InChI is InChI=1S/C13H20N2O6/c1-9(2)21-12-5-10(3-4-11(12)15(19)20)14-13(6-16,7-17)8-18/h3-5,9,14,16-18H,6-8H2,1-2H3. The molecular weight excluding hydrogens is 280 g/mol. The molecule has 21 heavy (non-hydrogen) atoms. The topological polar surface area (TPSA) is 125 Å². The Morgan fingerprint density at radius 1 is 1.29 bits per heavy atom. The van der Waals surface area contributed by atoms with E-state index in [0.29, 0.717) is 5.69 Å². The Morgan fingerprint density at radius 3 is 2.29 bits per heavy atom. The molecule has 0 unspecified atom stereocenters. The highest BCUT2D eigenvalue weighted by atomic mass is 16.6. The molecule has 0 saturated carbocycles. The molecule has 0 heterocycles. The van der Waals surface area contributed by atoms with Crippen LogP contribution in [0.15, 0.2) is 18.2 Å². The van der Waals surface area contributed by atoms with Gasteiger partial charge in [0, 0.05) is 17.8 Å². The molecule has 1 aromatic rings. The third kappa shape index (κ3) is 4.28. The van der Waals surface area contributed by atoms with Crippen LogP contribution in [-0.4, -0.2) is 51.7 Å². The van der Waals surface area contributed by atoms with E-state index in [1.807, 2.05) is 0 Å². The SMILES string of the molecule is CC(C)Oc1cc(NC(CO)(CO)CO)ccc1[N+](=O)[O-]. The second-order valence-electron chi connectivity index (χ2n) is 4.99. The van der Waals surface area contributed by atoms with Gasteiger partial charge in [-0.2, -0.15) is 0 Å². The maximum atomic E-state index is 11.0. The fraction of sp³-hybridized carbons (Fsp3) is 0.538. The van der Waals surface area contributed by atoms with E-state index in [-0.39, 0.29) is 17.5 Å². The van der Waals surface area contributed by atoms with Crippen molar-refractivity contribution < 1.29 is 25.0 Å². The smallest absolute Gasteiger partial charge is 0.311 e. The van der Waals surface area contributed by atoms with Crippen LogP contribution in [0.3, 0.4) is 0 Å². The van der Waals surface area contributed by atoms with Gasteiger partial charge in [-0.3, -0.25) is 10.1 Å². The molecule has 0 aliphatic rings. The Hall–Kier alpha value is -1.90. The van der Waals surface area contributed by atoms with Gasteiger partial charge >= 0.3 is 5.69 Å². The molecule has 1 rings (SSSR count). The third-order valence-electron chi connectivity index (χ3n) is 2.84. The van der Waals surface area contributed by atoms with Gasteiger partial charge < -0.3 is 25.4 Å². The third-order valence-corrected chi connectivity index (χ3v) is 2.84. The van der Waals surface area contributed by atoms with Crippen LogP contribution in [0.1, 0.15) is 13.8 Å². The fourth-order valence-electron chi connectivity index (χ4n) is 1.67. The number of hydrogen-bond acceptors (Lipinski definition) is 7. The molecule has 0 atom stereocenters. The number of nitrogens with zero attached hydrogens (tertiary/aromatic N) is 1. The van der Waals surface area contributed by atoms with E-state index >= 15 is 0 Å². The van der Waals surface area contributed by atoms with Gasteiger partial charge in [-0.1, -0.05) is 0 Å². The summed E-state index contributed by atoms with van der Waals surface area (Å²) < 4.78 is 5.39. The van der Waals surface area contributed by atoms with Gasteiger partial charge in [-0.05, 0) is 19.9 Å². The number of hydrogen-bond donors (Lipinski definition) is 4. The zero-order valence-corrected chi connectivity index (χ0v) is 11.9. The summed E-state index contributed by atoms with van der Waals surface area (Å²) in [7, 11) is 0. The number of nitrogens with one attached hydrogen (secondary N) is 1. The Labute approximate surface area is 122 Å². The molecule has 8 nitrogen and oxygen atoms in total. The number of benzene rings is 1. The normalized spacial score (nSPS) is 11.5. The predicted octanol–water partition coefficient (Wildman–Crippen LogP) is 0.510. The lowest BCUT2D eigenvalue weighted by molar-refractivity contribution is -0.386. The molecule has 0 bridgehead atoms. The number of anilines is 1. The van der Waals surface area contributed by atoms with Crippen molar-refractivity contribution in [3.63, 3.8) is 0 Å². The van der Waals surface area contributed by atoms with E-state index in [0.717, 1.165) is 0 Å². The molecule has 0 radical (unpaired) electrons. The summed E-state index contributed by atoms with van der Waals surface area (Å²) in [5.74, 6) is 0.0720. The molecule has 4 N–H and O–H groups in total. The first kappa shape index (κ1) is 17.2. The van der Waals surface area contributed by atoms with E-state index < -0.39 is 30.3 Å². The van der Waals surface area contributed by atoms with Gasteiger partial charge in [0.25, 0.3) is 0 Å². The van der Waals surface area contributed by atoms with Crippen LogP contribution >= 0.6 is 0 Å². The highest BCUT2D eigenvalue weighted by Crippen LogP contribution is 2.31. The lowest BCUT2D eigenvalue weighted by Crippen LogP contribution is -2.49. The van der Waals surface area contributed by atoms with Gasteiger partial charge in [0.15, 0.2) is 5.75 Å². The molecule has 0 spiro atoms. The van der Waals surface area contributed by atoms with Crippen LogP contribution < -0.4 is 10.1 Å². The van der Waals surface area contributed by atoms with Crippen LogP contribution in [0.2, 0.25) is 0 Å². The zero-order chi connectivity index (χ0) is 16.0. The van der Waals surface area contributed by atoms with Crippen molar-refractivity contribution in [3.8, 4) is 5.75 Å². The van der Waals surface area contributed by atoms with E-state index in [9.17, 15) is 25.4 Å². The van der Waals surface area contributed by atoms with Crippen LogP contribution in [0.25, 0.3) is 0 Å². The molecule has 0 aliphatic heterocycles. The number of rotatable bonds is 8. The highest BCUT2D eigenvalue weighted by molar-refractivity contribution is 5.59. The van der Waals surface area contributed by atoms with Crippen molar-refractivity contribution in [1.82, 2.24) is 0 Å². The van der Waals surface area contributed by atoms with Crippen LogP contribution in [0, 0.1) is 10.1 Å². The molecule has 118 valence electrons. The first-order chi connectivity index (χ1) is 9.87. The average molecular weight is 300 g/mol. The Bertz CT molecular complexity index is 479. The van der Waals surface area contributed by atoms with Gasteiger partial charge in [0.2, 0.25) is 0 Å². The van der Waals surface area contributed by atoms with Crippen molar-refractivity contribution in [2.24, 2.45) is 0 Å². The van der Waals surface area contributed by atoms with E-state index in [1.165, 1.54) is 18.2 Å². The number of nitro groups is 1. The summed E-state index contributed by atoms with van der Waals surface area (Å²) in [6.45, 7) is 1.97. The molecule has 0 aliphatic carbocycles. The molecule has 0 fully saturated rings. The van der Waals surface area contributed by atoms with Gasteiger partial charge in [-0.15, -0.1) is 0 Å². The van der Waals surface area contributed by atoms with Gasteiger partial charge in [-0.25, -0.2) is 0 Å². The molecule has 0 aromatic heterocycles. The summed E-state index contributed by atoms with van der Waals surface area (Å²) in [6.07, 6.45) is -0.253. The van der Waals surface area contributed by atoms with Crippen molar-refractivity contribution in [2.45, 2.75) is 25.5 Å². The Kier molecular flexibility index (Phi) is 5.89. The van der Waals surface area contributed by atoms with Crippen molar-refractivity contribution in [1.29, 1.82) is 0 Å². The predicted molar refractivity (Wildman–Crippen MR) is 76.5 cm³/mol. The average Bonchev–Trinajstić information content (AvgIpc) is 2.44. The Morgan fingerprint density at radius 2 is 1.86 bits per heavy atom. The molecule has 0 saturated heterocycles. The lowest BCUT2D eigenvalue weighted by Gasteiger charge is -2.30. The summed E-state index contributed by atoms with van der Waals surface area (Å²) >= 11 is 0. The summed E-state index contributed by atoms with van der Waals surface area (Å²) in [5, 5.41) is 41.5. The highest BCUT2D eigenvalue weighted by Gasteiger charge is 2.28. The molecular formula is C13H20N2O6. The summed E-state index contributed by atoms with van der Waals surface area (Å²) in [5.41, 5.74) is -1.11. The maximum Gasteiger partial charge on any atom is 0.311 e. The van der Waals surface area contributed by atoms with Crippen LogP contribution in [0.4, 0.5) is 11.4 Å². The number of aliphatic hydroxyl groups excluding tert-OH is 3. The fourth-order valence-corrected chi connectivity index (χ4v) is 1.67. The van der Waals surface area contributed by atoms with Crippen molar-refractivity contribution in [3.05, 3.63) is 28.3 Å². The van der Waals surface area contributed by atoms with Crippen LogP contribution in [0.5, 0.6) is 5.75 Å².